The first kappa shape index (κ1) is 25.7. The molecule has 8 heteroatoms. The molecule has 0 saturated carbocycles. The number of hydrogen-bond acceptors (Lipinski definition) is 6. The van der Waals surface area contributed by atoms with Crippen molar-refractivity contribution in [2.45, 2.75) is 18.9 Å². The summed E-state index contributed by atoms with van der Waals surface area (Å²) < 4.78 is 16.8. The third-order valence-electron chi connectivity index (χ3n) is 6.29. The van der Waals surface area contributed by atoms with Gasteiger partial charge in [0.05, 0.1) is 13.2 Å². The zero-order chi connectivity index (χ0) is 25.3. The third kappa shape index (κ3) is 6.06. The van der Waals surface area contributed by atoms with Crippen molar-refractivity contribution in [3.8, 4) is 11.5 Å². The number of fused-ring (bicyclic) bond motifs is 1. The Kier molecular flexibility index (Phi) is 8.97. The lowest BCUT2D eigenvalue weighted by atomic mass is 10.0. The molecule has 2 aromatic carbocycles. The predicted octanol–water partition coefficient (Wildman–Crippen LogP) is 4.44. The highest BCUT2D eigenvalue weighted by atomic mass is 32.1. The molecule has 1 aliphatic rings. The number of amides is 2. The maximum Gasteiger partial charge on any atom is 0.254 e. The smallest absolute Gasteiger partial charge is 0.254 e. The summed E-state index contributed by atoms with van der Waals surface area (Å²) in [6.07, 6.45) is 1.44. The standard InChI is InChI=1S/C28H32N2O5S/c1-33-17-8-15-29(28(32)21-9-4-3-5-10-21)19-27(31)30-16-13-26-22(14-18-36-26)23(30)20-35-25-12-7-6-11-24(25)34-2/h3-7,9-12,14,18,23H,8,13,15-17,19-20H2,1-2H3. The van der Waals surface area contributed by atoms with E-state index in [4.69, 9.17) is 14.2 Å². The number of benzene rings is 2. The number of carbonyl (C=O) groups excluding carboxylic acids is 2. The van der Waals surface area contributed by atoms with Crippen molar-refractivity contribution in [3.63, 3.8) is 0 Å². The van der Waals surface area contributed by atoms with Crippen molar-refractivity contribution in [1.29, 1.82) is 0 Å². The van der Waals surface area contributed by atoms with E-state index in [0.29, 0.717) is 49.8 Å². The fraction of sp³-hybridized carbons (Fsp3) is 0.357. The highest BCUT2D eigenvalue weighted by Crippen LogP contribution is 2.35. The number of para-hydroxylation sites is 2. The van der Waals surface area contributed by atoms with E-state index >= 15 is 0 Å². The first-order valence-electron chi connectivity index (χ1n) is 12.1. The second kappa shape index (κ2) is 12.6. The van der Waals surface area contributed by atoms with Crippen molar-refractivity contribution < 1.29 is 23.8 Å². The number of thiophene rings is 1. The molecule has 0 N–H and O–H groups in total. The molecule has 0 radical (unpaired) electrons. The highest BCUT2D eigenvalue weighted by Gasteiger charge is 2.33. The molecule has 2 amide bonds. The summed E-state index contributed by atoms with van der Waals surface area (Å²) in [4.78, 5) is 31.7. The minimum absolute atomic E-state index is 0.00205. The normalized spacial score (nSPS) is 14.7. The second-order valence-corrected chi connectivity index (χ2v) is 9.55. The Labute approximate surface area is 216 Å². The summed E-state index contributed by atoms with van der Waals surface area (Å²) in [5.41, 5.74) is 1.67. The molecule has 0 fully saturated rings. The van der Waals surface area contributed by atoms with Crippen molar-refractivity contribution in [3.05, 3.63) is 82.0 Å². The number of nitrogens with zero attached hydrogens (tertiary/aromatic N) is 2. The Balaban J connectivity index is 1.52. The molecule has 1 aromatic heterocycles. The number of hydrogen-bond donors (Lipinski definition) is 0. The van der Waals surface area contributed by atoms with Crippen LogP contribution in [-0.4, -0.2) is 68.7 Å². The molecule has 1 unspecified atom stereocenters. The molecule has 0 saturated heterocycles. The van der Waals surface area contributed by atoms with E-state index in [2.05, 4.69) is 11.4 Å². The molecule has 0 spiro atoms. The van der Waals surface area contributed by atoms with Crippen LogP contribution < -0.4 is 9.47 Å². The van der Waals surface area contributed by atoms with Gasteiger partial charge in [-0.3, -0.25) is 9.59 Å². The van der Waals surface area contributed by atoms with Gasteiger partial charge in [-0.05, 0) is 54.1 Å². The molecular formula is C28H32N2O5S. The number of ether oxygens (including phenoxy) is 3. The molecule has 2 heterocycles. The van der Waals surface area contributed by atoms with Crippen LogP contribution in [0.2, 0.25) is 0 Å². The quantitative estimate of drug-likeness (QED) is 0.358. The Bertz CT molecular complexity index is 1150. The first-order valence-corrected chi connectivity index (χ1v) is 12.9. The van der Waals surface area contributed by atoms with E-state index < -0.39 is 0 Å². The fourth-order valence-electron chi connectivity index (χ4n) is 4.45. The van der Waals surface area contributed by atoms with Gasteiger partial charge in [-0.2, -0.15) is 0 Å². The Morgan fingerprint density at radius 3 is 2.53 bits per heavy atom. The van der Waals surface area contributed by atoms with Crippen LogP contribution in [0.25, 0.3) is 0 Å². The Hall–Kier alpha value is -3.36. The van der Waals surface area contributed by atoms with Crippen LogP contribution in [0, 0.1) is 0 Å². The zero-order valence-electron chi connectivity index (χ0n) is 20.7. The molecule has 0 aliphatic carbocycles. The fourth-order valence-corrected chi connectivity index (χ4v) is 5.38. The first-order chi connectivity index (χ1) is 17.6. The maximum absolute atomic E-state index is 13.7. The summed E-state index contributed by atoms with van der Waals surface area (Å²) in [6.45, 7) is 1.84. The second-order valence-electron chi connectivity index (χ2n) is 8.55. The summed E-state index contributed by atoms with van der Waals surface area (Å²) in [6, 6.07) is 18.4. The van der Waals surface area contributed by atoms with Gasteiger partial charge in [0.15, 0.2) is 11.5 Å². The minimum atomic E-state index is -0.245. The average Bonchev–Trinajstić information content (AvgIpc) is 3.40. The summed E-state index contributed by atoms with van der Waals surface area (Å²) >= 11 is 1.71. The van der Waals surface area contributed by atoms with E-state index in [0.717, 1.165) is 12.0 Å². The van der Waals surface area contributed by atoms with Gasteiger partial charge < -0.3 is 24.0 Å². The average molecular weight is 509 g/mol. The van der Waals surface area contributed by atoms with Gasteiger partial charge in [0.2, 0.25) is 5.91 Å². The third-order valence-corrected chi connectivity index (χ3v) is 7.29. The van der Waals surface area contributed by atoms with E-state index in [1.54, 1.807) is 42.6 Å². The van der Waals surface area contributed by atoms with Gasteiger partial charge >= 0.3 is 0 Å². The molecule has 3 aromatic rings. The number of methoxy groups -OCH3 is 2. The van der Waals surface area contributed by atoms with E-state index in [-0.39, 0.29) is 24.4 Å². The molecule has 190 valence electrons. The lowest BCUT2D eigenvalue weighted by molar-refractivity contribution is -0.135. The molecule has 4 rings (SSSR count). The van der Waals surface area contributed by atoms with Gasteiger partial charge in [0.1, 0.15) is 13.2 Å². The van der Waals surface area contributed by atoms with Crippen molar-refractivity contribution >= 4 is 23.2 Å². The van der Waals surface area contributed by atoms with E-state index in [1.165, 1.54) is 4.88 Å². The Morgan fingerprint density at radius 2 is 1.78 bits per heavy atom. The molecule has 1 aliphatic heterocycles. The molecule has 0 bridgehead atoms. The van der Waals surface area contributed by atoms with Crippen LogP contribution in [-0.2, 0) is 16.0 Å². The lowest BCUT2D eigenvalue weighted by Gasteiger charge is -2.37. The summed E-state index contributed by atoms with van der Waals surface area (Å²) in [7, 11) is 3.24. The largest absolute Gasteiger partial charge is 0.493 e. The van der Waals surface area contributed by atoms with Gasteiger partial charge in [0.25, 0.3) is 5.91 Å². The number of rotatable bonds is 11. The molecule has 36 heavy (non-hydrogen) atoms. The van der Waals surface area contributed by atoms with Gasteiger partial charge in [-0.25, -0.2) is 0 Å². The van der Waals surface area contributed by atoms with Crippen LogP contribution in [0.15, 0.2) is 66.0 Å². The van der Waals surface area contributed by atoms with E-state index in [9.17, 15) is 9.59 Å². The zero-order valence-corrected chi connectivity index (χ0v) is 21.5. The van der Waals surface area contributed by atoms with Crippen LogP contribution in [0.4, 0.5) is 0 Å². The van der Waals surface area contributed by atoms with E-state index in [1.807, 2.05) is 47.4 Å². The lowest BCUT2D eigenvalue weighted by Crippen LogP contribution is -2.48. The molecule has 1 atom stereocenters. The van der Waals surface area contributed by atoms with Crippen molar-refractivity contribution in [2.75, 3.05) is 47.1 Å². The monoisotopic (exact) mass is 508 g/mol. The van der Waals surface area contributed by atoms with Crippen molar-refractivity contribution in [2.24, 2.45) is 0 Å². The molecule has 7 nitrogen and oxygen atoms in total. The van der Waals surface area contributed by atoms with Crippen LogP contribution in [0.5, 0.6) is 11.5 Å². The highest BCUT2D eigenvalue weighted by molar-refractivity contribution is 7.10. The predicted molar refractivity (Wildman–Crippen MR) is 140 cm³/mol. The van der Waals surface area contributed by atoms with Gasteiger partial charge in [-0.15, -0.1) is 11.3 Å². The Morgan fingerprint density at radius 1 is 1.03 bits per heavy atom. The summed E-state index contributed by atoms with van der Waals surface area (Å²) in [5.74, 6) is 1.03. The minimum Gasteiger partial charge on any atom is -0.493 e. The molecular weight excluding hydrogens is 476 g/mol. The van der Waals surface area contributed by atoms with Crippen LogP contribution in [0.3, 0.4) is 0 Å². The SMILES string of the molecule is COCCCN(CC(=O)N1CCc2sccc2C1COc1ccccc1OC)C(=O)c1ccccc1. The van der Waals surface area contributed by atoms with Gasteiger partial charge in [0, 0.05) is 37.2 Å². The van der Waals surface area contributed by atoms with Gasteiger partial charge in [-0.1, -0.05) is 30.3 Å². The van der Waals surface area contributed by atoms with Crippen LogP contribution >= 0.6 is 11.3 Å². The topological polar surface area (TPSA) is 68.3 Å². The maximum atomic E-state index is 13.7. The number of carbonyl (C=O) groups is 2. The van der Waals surface area contributed by atoms with Crippen LogP contribution in [0.1, 0.15) is 33.3 Å². The van der Waals surface area contributed by atoms with Crippen molar-refractivity contribution in [1.82, 2.24) is 9.80 Å². The summed E-state index contributed by atoms with van der Waals surface area (Å²) in [5, 5.41) is 2.06.